The van der Waals surface area contributed by atoms with Crippen LogP contribution in [0, 0.1) is 0 Å². The molecule has 0 aromatic heterocycles. The van der Waals surface area contributed by atoms with Gasteiger partial charge in [0.15, 0.2) is 0 Å². The average Bonchev–Trinajstić information content (AvgIpc) is 2.61. The summed E-state index contributed by atoms with van der Waals surface area (Å²) < 4.78 is 44.7. The number of hydrogen-bond acceptors (Lipinski definition) is 2. The number of ether oxygens (including phenoxy) is 1. The van der Waals surface area contributed by atoms with Crippen LogP contribution in [0.5, 0.6) is 0 Å². The summed E-state index contributed by atoms with van der Waals surface area (Å²) >= 11 is 0. The first-order valence-corrected chi connectivity index (χ1v) is 9.46. The Morgan fingerprint density at radius 2 is 1.72 bits per heavy atom. The Balaban J connectivity index is 2.08. The number of unbranched alkanes of at least 4 members (excludes halogenated alkanes) is 1. The fraction of sp³-hybridized carbons (Fsp3) is 0.700. The molecule has 1 aromatic carbocycles. The molecule has 1 saturated carbocycles. The van der Waals surface area contributed by atoms with Crippen molar-refractivity contribution >= 4 is 0 Å². The van der Waals surface area contributed by atoms with E-state index in [1.807, 2.05) is 0 Å². The topological polar surface area (TPSA) is 21.3 Å². The van der Waals surface area contributed by atoms with Gasteiger partial charge in [-0.15, -0.1) is 0 Å². The summed E-state index contributed by atoms with van der Waals surface area (Å²) in [5.41, 5.74) is -0.166. The van der Waals surface area contributed by atoms with Crippen molar-refractivity contribution in [3.8, 4) is 0 Å². The van der Waals surface area contributed by atoms with Gasteiger partial charge in [-0.3, -0.25) is 0 Å². The van der Waals surface area contributed by atoms with Gasteiger partial charge in [-0.1, -0.05) is 32.4 Å². The van der Waals surface area contributed by atoms with Crippen molar-refractivity contribution in [3.63, 3.8) is 0 Å². The van der Waals surface area contributed by atoms with Crippen LogP contribution < -0.4 is 5.32 Å². The molecule has 25 heavy (non-hydrogen) atoms. The molecule has 0 aliphatic heterocycles. The predicted octanol–water partition coefficient (Wildman–Crippen LogP) is 5.66. The van der Waals surface area contributed by atoms with E-state index in [0.29, 0.717) is 12.6 Å². The predicted molar refractivity (Wildman–Crippen MR) is 94.5 cm³/mol. The van der Waals surface area contributed by atoms with Crippen LogP contribution in [0.1, 0.15) is 69.9 Å². The molecule has 1 aliphatic rings. The number of rotatable bonds is 8. The molecule has 142 valence electrons. The van der Waals surface area contributed by atoms with E-state index >= 15 is 0 Å². The van der Waals surface area contributed by atoms with Crippen LogP contribution >= 0.6 is 0 Å². The number of benzene rings is 1. The molecule has 1 aliphatic carbocycles. The van der Waals surface area contributed by atoms with Crippen molar-refractivity contribution < 1.29 is 17.9 Å². The molecule has 0 atom stereocenters. The van der Waals surface area contributed by atoms with Gasteiger partial charge in [-0.25, -0.2) is 0 Å². The summed E-state index contributed by atoms with van der Waals surface area (Å²) in [6.07, 6.45) is 2.65. The van der Waals surface area contributed by atoms with Gasteiger partial charge in [0, 0.05) is 12.6 Å². The third-order valence-electron chi connectivity index (χ3n) is 5.08. The third kappa shape index (κ3) is 5.45. The normalized spacial score (nSPS) is 24.4. The number of alkyl halides is 3. The molecule has 1 fully saturated rings. The minimum Gasteiger partial charge on any atom is -0.370 e. The molecule has 5 heteroatoms. The molecular weight excluding hydrogens is 327 g/mol. The Kier molecular flexibility index (Phi) is 7.32. The fourth-order valence-electron chi connectivity index (χ4n) is 3.55. The van der Waals surface area contributed by atoms with E-state index in [-0.39, 0.29) is 0 Å². The summed E-state index contributed by atoms with van der Waals surface area (Å²) in [6, 6.07) is 6.04. The maximum Gasteiger partial charge on any atom is 0.416 e. The van der Waals surface area contributed by atoms with E-state index in [1.165, 1.54) is 25.0 Å². The van der Waals surface area contributed by atoms with Crippen LogP contribution in [0.25, 0.3) is 0 Å². The molecule has 2 rings (SSSR count). The molecule has 0 spiro atoms. The molecule has 0 amide bonds. The standard InChI is InChI=1S/C20H30F3NO/c1-3-5-14-24-18-10-12-19(13-11-18,25-15-4-2)16-6-8-17(9-7-16)20(21,22)23/h6-9,18,24H,3-5,10-15H2,1-2H3. The maximum atomic E-state index is 12.8. The smallest absolute Gasteiger partial charge is 0.370 e. The molecule has 0 heterocycles. The van der Waals surface area contributed by atoms with Crippen molar-refractivity contribution in [2.75, 3.05) is 13.2 Å². The van der Waals surface area contributed by atoms with Crippen molar-refractivity contribution in [2.45, 2.75) is 76.6 Å². The highest BCUT2D eigenvalue weighted by molar-refractivity contribution is 5.29. The van der Waals surface area contributed by atoms with Crippen molar-refractivity contribution in [1.82, 2.24) is 5.32 Å². The van der Waals surface area contributed by atoms with E-state index in [4.69, 9.17) is 4.74 Å². The van der Waals surface area contributed by atoms with Crippen LogP contribution in [0.4, 0.5) is 13.2 Å². The zero-order valence-electron chi connectivity index (χ0n) is 15.3. The van der Waals surface area contributed by atoms with Crippen LogP contribution in [0.2, 0.25) is 0 Å². The summed E-state index contributed by atoms with van der Waals surface area (Å²) in [5.74, 6) is 0. The Labute approximate surface area is 149 Å². The van der Waals surface area contributed by atoms with Gasteiger partial charge in [0.25, 0.3) is 0 Å². The van der Waals surface area contributed by atoms with Crippen molar-refractivity contribution in [3.05, 3.63) is 35.4 Å². The Morgan fingerprint density at radius 1 is 1.08 bits per heavy atom. The lowest BCUT2D eigenvalue weighted by Crippen LogP contribution is -2.41. The van der Waals surface area contributed by atoms with Crippen LogP contribution in [-0.2, 0) is 16.5 Å². The van der Waals surface area contributed by atoms with E-state index in [1.54, 1.807) is 12.1 Å². The summed E-state index contributed by atoms with van der Waals surface area (Å²) in [6.45, 7) is 5.90. The molecule has 0 bridgehead atoms. The molecule has 1 N–H and O–H groups in total. The second-order valence-electron chi connectivity index (χ2n) is 7.00. The molecule has 0 unspecified atom stereocenters. The van der Waals surface area contributed by atoms with Crippen LogP contribution in [-0.4, -0.2) is 19.2 Å². The molecular formula is C20H30F3NO. The third-order valence-corrected chi connectivity index (χ3v) is 5.08. The number of hydrogen-bond donors (Lipinski definition) is 1. The molecule has 1 aromatic rings. The minimum atomic E-state index is -4.29. The SMILES string of the molecule is CCCCNC1CCC(OCCC)(c2ccc(C(F)(F)F)cc2)CC1. The van der Waals surface area contributed by atoms with E-state index < -0.39 is 17.3 Å². The number of nitrogens with one attached hydrogen (secondary N) is 1. The van der Waals surface area contributed by atoms with E-state index in [9.17, 15) is 13.2 Å². The second kappa shape index (κ2) is 9.04. The van der Waals surface area contributed by atoms with Crippen LogP contribution in [0.3, 0.4) is 0 Å². The van der Waals surface area contributed by atoms with Crippen molar-refractivity contribution in [1.29, 1.82) is 0 Å². The first-order valence-electron chi connectivity index (χ1n) is 9.46. The Hall–Kier alpha value is -1.07. The van der Waals surface area contributed by atoms with Gasteiger partial charge in [0.1, 0.15) is 0 Å². The number of halogens is 3. The quantitative estimate of drug-likeness (QED) is 0.606. The monoisotopic (exact) mass is 357 g/mol. The summed E-state index contributed by atoms with van der Waals surface area (Å²) in [4.78, 5) is 0. The average molecular weight is 357 g/mol. The highest BCUT2D eigenvalue weighted by Crippen LogP contribution is 2.41. The highest BCUT2D eigenvalue weighted by Gasteiger charge is 2.38. The van der Waals surface area contributed by atoms with Gasteiger partial charge in [-0.2, -0.15) is 13.2 Å². The summed E-state index contributed by atoms with van der Waals surface area (Å²) in [5, 5.41) is 3.59. The Bertz CT molecular complexity index is 505. The minimum absolute atomic E-state index is 0.441. The first kappa shape index (κ1) is 20.2. The maximum absolute atomic E-state index is 12.8. The first-order chi connectivity index (χ1) is 11.9. The fourth-order valence-corrected chi connectivity index (χ4v) is 3.55. The zero-order chi connectivity index (χ0) is 18.3. The van der Waals surface area contributed by atoms with E-state index in [2.05, 4.69) is 19.2 Å². The lowest BCUT2D eigenvalue weighted by Gasteiger charge is -2.41. The zero-order valence-corrected chi connectivity index (χ0v) is 15.3. The highest BCUT2D eigenvalue weighted by atomic mass is 19.4. The van der Waals surface area contributed by atoms with Gasteiger partial charge in [0.2, 0.25) is 0 Å². The Morgan fingerprint density at radius 3 is 2.24 bits per heavy atom. The van der Waals surface area contributed by atoms with Crippen molar-refractivity contribution in [2.24, 2.45) is 0 Å². The molecule has 2 nitrogen and oxygen atoms in total. The van der Waals surface area contributed by atoms with Gasteiger partial charge < -0.3 is 10.1 Å². The van der Waals surface area contributed by atoms with Crippen LogP contribution in [0.15, 0.2) is 24.3 Å². The largest absolute Gasteiger partial charge is 0.416 e. The van der Waals surface area contributed by atoms with Gasteiger partial charge in [0.05, 0.1) is 11.2 Å². The van der Waals surface area contributed by atoms with Gasteiger partial charge in [-0.05, 0) is 62.8 Å². The molecule has 0 radical (unpaired) electrons. The lowest BCUT2D eigenvalue weighted by atomic mass is 9.77. The summed E-state index contributed by atoms with van der Waals surface area (Å²) in [7, 11) is 0. The van der Waals surface area contributed by atoms with E-state index in [0.717, 1.165) is 44.2 Å². The lowest BCUT2D eigenvalue weighted by molar-refractivity contribution is -0.137. The molecule has 0 saturated heterocycles. The van der Waals surface area contributed by atoms with Gasteiger partial charge >= 0.3 is 6.18 Å². The second-order valence-corrected chi connectivity index (χ2v) is 7.00.